The first-order valence-corrected chi connectivity index (χ1v) is 10.4. The van der Waals surface area contributed by atoms with E-state index in [1.165, 1.54) is 6.26 Å². The number of hydrogen-bond donors (Lipinski definition) is 2. The van der Waals surface area contributed by atoms with Crippen LogP contribution >= 0.6 is 0 Å². The van der Waals surface area contributed by atoms with Crippen molar-refractivity contribution in [2.45, 2.75) is 25.3 Å². The Labute approximate surface area is 169 Å². The van der Waals surface area contributed by atoms with Crippen LogP contribution in [0.2, 0.25) is 0 Å². The number of nitrogens with one attached hydrogen (secondary N) is 2. The van der Waals surface area contributed by atoms with E-state index in [0.717, 1.165) is 16.7 Å². The van der Waals surface area contributed by atoms with E-state index in [2.05, 4.69) is 10.0 Å². The van der Waals surface area contributed by atoms with E-state index in [1.54, 1.807) is 69.5 Å². The minimum Gasteiger partial charge on any atom is -0.496 e. The van der Waals surface area contributed by atoms with Gasteiger partial charge in [-0.25, -0.2) is 13.1 Å². The first-order chi connectivity index (χ1) is 13.8. The van der Waals surface area contributed by atoms with Crippen LogP contribution in [0.1, 0.15) is 27.2 Å². The number of amides is 1. The summed E-state index contributed by atoms with van der Waals surface area (Å²) >= 11 is 0. The van der Waals surface area contributed by atoms with Gasteiger partial charge in [0.15, 0.2) is 5.76 Å². The number of hydrogen-bond acceptors (Lipinski definition) is 5. The van der Waals surface area contributed by atoms with Crippen LogP contribution in [0.15, 0.2) is 64.1 Å². The molecular weight excluding hydrogens is 392 g/mol. The lowest BCUT2D eigenvalue weighted by molar-refractivity contribution is 0.0996. The van der Waals surface area contributed by atoms with E-state index >= 15 is 0 Å². The van der Waals surface area contributed by atoms with Crippen LogP contribution < -0.4 is 14.8 Å². The number of carbonyl (C=O) groups is 1. The minimum absolute atomic E-state index is 0.124. The van der Waals surface area contributed by atoms with Crippen molar-refractivity contribution in [1.82, 2.24) is 4.72 Å². The van der Waals surface area contributed by atoms with Crippen LogP contribution in [0.25, 0.3) is 0 Å². The third kappa shape index (κ3) is 4.85. The quantitative estimate of drug-likeness (QED) is 0.615. The second kappa shape index (κ2) is 8.50. The Morgan fingerprint density at radius 3 is 2.28 bits per heavy atom. The number of ether oxygens (including phenoxy) is 1. The van der Waals surface area contributed by atoms with Crippen molar-refractivity contribution in [1.29, 1.82) is 0 Å². The molecule has 2 N–H and O–H groups in total. The van der Waals surface area contributed by atoms with E-state index in [-0.39, 0.29) is 23.1 Å². The molecule has 0 atom stereocenters. The maximum Gasteiger partial charge on any atom is 0.291 e. The molecule has 7 nitrogen and oxygen atoms in total. The van der Waals surface area contributed by atoms with Crippen LogP contribution in [0.5, 0.6) is 5.75 Å². The molecule has 0 aliphatic rings. The number of rotatable bonds is 7. The van der Waals surface area contributed by atoms with Crippen molar-refractivity contribution >= 4 is 21.6 Å². The van der Waals surface area contributed by atoms with E-state index in [9.17, 15) is 13.2 Å². The van der Waals surface area contributed by atoms with Crippen molar-refractivity contribution in [3.63, 3.8) is 0 Å². The minimum atomic E-state index is -3.67. The van der Waals surface area contributed by atoms with Gasteiger partial charge in [-0.3, -0.25) is 4.79 Å². The van der Waals surface area contributed by atoms with E-state index < -0.39 is 10.0 Å². The Morgan fingerprint density at radius 1 is 1.07 bits per heavy atom. The Morgan fingerprint density at radius 2 is 1.72 bits per heavy atom. The van der Waals surface area contributed by atoms with Gasteiger partial charge in [0.05, 0.1) is 18.3 Å². The Bertz CT molecular complexity index is 1080. The third-order valence-electron chi connectivity index (χ3n) is 4.37. The van der Waals surface area contributed by atoms with Gasteiger partial charge in [0.2, 0.25) is 10.0 Å². The lowest BCUT2D eigenvalue weighted by Crippen LogP contribution is -2.23. The normalized spacial score (nSPS) is 11.3. The fourth-order valence-corrected chi connectivity index (χ4v) is 4.14. The summed E-state index contributed by atoms with van der Waals surface area (Å²) in [6.07, 6.45) is 1.43. The van der Waals surface area contributed by atoms with Crippen molar-refractivity contribution in [3.05, 3.63) is 77.2 Å². The summed E-state index contributed by atoms with van der Waals surface area (Å²) in [6.45, 7) is 3.74. The molecule has 1 amide bonds. The molecule has 3 rings (SSSR count). The second-order valence-electron chi connectivity index (χ2n) is 6.54. The average Bonchev–Trinajstić information content (AvgIpc) is 3.22. The van der Waals surface area contributed by atoms with Gasteiger partial charge in [-0.15, -0.1) is 0 Å². The van der Waals surface area contributed by atoms with E-state index in [4.69, 9.17) is 9.15 Å². The smallest absolute Gasteiger partial charge is 0.291 e. The highest BCUT2D eigenvalue weighted by Crippen LogP contribution is 2.26. The molecule has 0 spiro atoms. The van der Waals surface area contributed by atoms with E-state index in [1.807, 2.05) is 0 Å². The first-order valence-electron chi connectivity index (χ1n) is 8.89. The van der Waals surface area contributed by atoms with Gasteiger partial charge in [0, 0.05) is 12.2 Å². The second-order valence-corrected chi connectivity index (χ2v) is 8.31. The molecule has 1 heterocycles. The molecular formula is C21H22N2O5S. The molecule has 152 valence electrons. The van der Waals surface area contributed by atoms with Crippen molar-refractivity contribution in [2.24, 2.45) is 0 Å². The van der Waals surface area contributed by atoms with E-state index in [0.29, 0.717) is 11.4 Å². The lowest BCUT2D eigenvalue weighted by Gasteiger charge is -2.13. The highest BCUT2D eigenvalue weighted by molar-refractivity contribution is 7.89. The standard InChI is InChI=1S/C21H22N2O5S/c1-14-11-18(12-15(2)20(14)27-3)29(25,26)22-13-16-6-8-17(9-7-16)23-21(24)19-5-4-10-28-19/h4-12,22H,13H2,1-3H3,(H,23,24). The summed E-state index contributed by atoms with van der Waals surface area (Å²) in [5.74, 6) is 0.539. The molecule has 3 aromatic rings. The zero-order valence-electron chi connectivity index (χ0n) is 16.4. The number of benzene rings is 2. The van der Waals surface area contributed by atoms with Crippen LogP contribution in [-0.2, 0) is 16.6 Å². The van der Waals surface area contributed by atoms with Gasteiger partial charge in [0.1, 0.15) is 5.75 Å². The lowest BCUT2D eigenvalue weighted by atomic mass is 10.1. The van der Waals surface area contributed by atoms with Gasteiger partial charge in [-0.05, 0) is 66.9 Å². The monoisotopic (exact) mass is 414 g/mol. The van der Waals surface area contributed by atoms with Crippen molar-refractivity contribution < 1.29 is 22.4 Å². The Kier molecular flexibility index (Phi) is 6.05. The summed E-state index contributed by atoms with van der Waals surface area (Å²) in [7, 11) is -2.12. The number of anilines is 1. The summed E-state index contributed by atoms with van der Waals surface area (Å²) in [5.41, 5.74) is 2.85. The molecule has 0 unspecified atom stereocenters. The average molecular weight is 414 g/mol. The maximum atomic E-state index is 12.6. The molecule has 29 heavy (non-hydrogen) atoms. The van der Waals surface area contributed by atoms with Gasteiger partial charge < -0.3 is 14.5 Å². The number of methoxy groups -OCH3 is 1. The summed E-state index contributed by atoms with van der Waals surface area (Å²) in [6, 6.07) is 13.3. The molecule has 2 aromatic carbocycles. The molecule has 0 fully saturated rings. The molecule has 0 aliphatic carbocycles. The predicted molar refractivity (Wildman–Crippen MR) is 110 cm³/mol. The SMILES string of the molecule is COc1c(C)cc(S(=O)(=O)NCc2ccc(NC(=O)c3ccco3)cc2)cc1C. The topological polar surface area (TPSA) is 97.6 Å². The van der Waals surface area contributed by atoms with Gasteiger partial charge in [-0.2, -0.15) is 0 Å². The fraction of sp³-hybridized carbons (Fsp3) is 0.190. The van der Waals surface area contributed by atoms with Gasteiger partial charge >= 0.3 is 0 Å². The highest BCUT2D eigenvalue weighted by Gasteiger charge is 2.17. The van der Waals surface area contributed by atoms with Crippen LogP contribution in [0.4, 0.5) is 5.69 Å². The highest BCUT2D eigenvalue weighted by atomic mass is 32.2. The first kappa shape index (κ1) is 20.6. The van der Waals surface area contributed by atoms with Crippen molar-refractivity contribution in [2.75, 3.05) is 12.4 Å². The number of sulfonamides is 1. The maximum absolute atomic E-state index is 12.6. The molecule has 8 heteroatoms. The number of furan rings is 1. The fourth-order valence-electron chi connectivity index (χ4n) is 2.96. The Balaban J connectivity index is 1.65. The van der Waals surface area contributed by atoms with Crippen LogP contribution in [-0.4, -0.2) is 21.4 Å². The molecule has 0 saturated carbocycles. The van der Waals surface area contributed by atoms with Crippen LogP contribution in [0.3, 0.4) is 0 Å². The number of carbonyl (C=O) groups excluding carboxylic acids is 1. The molecule has 1 aromatic heterocycles. The zero-order valence-corrected chi connectivity index (χ0v) is 17.2. The Hall–Kier alpha value is -3.10. The van der Waals surface area contributed by atoms with Gasteiger partial charge in [-0.1, -0.05) is 12.1 Å². The molecule has 0 bridgehead atoms. The molecule has 0 aliphatic heterocycles. The third-order valence-corrected chi connectivity index (χ3v) is 5.75. The number of aryl methyl sites for hydroxylation is 2. The molecule has 0 radical (unpaired) electrons. The molecule has 0 saturated heterocycles. The predicted octanol–water partition coefficient (Wildman–Crippen LogP) is 3.64. The summed E-state index contributed by atoms with van der Waals surface area (Å²) < 4.78 is 38.2. The zero-order chi connectivity index (χ0) is 21.0. The summed E-state index contributed by atoms with van der Waals surface area (Å²) in [5, 5.41) is 2.71. The van der Waals surface area contributed by atoms with Crippen LogP contribution in [0, 0.1) is 13.8 Å². The van der Waals surface area contributed by atoms with Gasteiger partial charge in [0.25, 0.3) is 5.91 Å². The summed E-state index contributed by atoms with van der Waals surface area (Å²) in [4.78, 5) is 12.2. The van der Waals surface area contributed by atoms with Crippen molar-refractivity contribution in [3.8, 4) is 5.75 Å². The largest absolute Gasteiger partial charge is 0.496 e.